The molecule has 2 aromatic carbocycles. The molecular weight excluding hydrogens is 259 g/mol. The Hall–Kier alpha value is -2.40. The Balaban J connectivity index is 2.12. The van der Waals surface area contributed by atoms with Crippen molar-refractivity contribution in [2.24, 2.45) is 5.73 Å². The maximum atomic E-state index is 13.5. The SMILES string of the molecule is COc1ccc(C(=O)Nc2ccc(CN)cc2)cc1F. The molecule has 3 N–H and O–H groups in total. The summed E-state index contributed by atoms with van der Waals surface area (Å²) in [5.74, 6) is -0.848. The van der Waals surface area contributed by atoms with E-state index in [9.17, 15) is 9.18 Å². The molecular formula is C15H15FN2O2. The number of methoxy groups -OCH3 is 1. The summed E-state index contributed by atoms with van der Waals surface area (Å²) in [5.41, 5.74) is 7.32. The van der Waals surface area contributed by atoms with Crippen molar-refractivity contribution in [2.75, 3.05) is 12.4 Å². The Morgan fingerprint density at radius 3 is 2.50 bits per heavy atom. The van der Waals surface area contributed by atoms with E-state index in [4.69, 9.17) is 10.5 Å². The summed E-state index contributed by atoms with van der Waals surface area (Å²) in [7, 11) is 1.37. The lowest BCUT2D eigenvalue weighted by molar-refractivity contribution is 0.102. The van der Waals surface area contributed by atoms with Crippen molar-refractivity contribution in [1.82, 2.24) is 0 Å². The lowest BCUT2D eigenvalue weighted by Crippen LogP contribution is -2.12. The molecule has 0 aliphatic heterocycles. The molecule has 0 radical (unpaired) electrons. The van der Waals surface area contributed by atoms with E-state index < -0.39 is 5.82 Å². The van der Waals surface area contributed by atoms with E-state index in [-0.39, 0.29) is 17.2 Å². The van der Waals surface area contributed by atoms with Crippen molar-refractivity contribution >= 4 is 11.6 Å². The Labute approximate surface area is 116 Å². The molecule has 5 heteroatoms. The van der Waals surface area contributed by atoms with Gasteiger partial charge in [0.1, 0.15) is 0 Å². The average Bonchev–Trinajstić information content (AvgIpc) is 2.48. The molecule has 0 saturated heterocycles. The third-order valence-electron chi connectivity index (χ3n) is 2.86. The van der Waals surface area contributed by atoms with Gasteiger partial charge in [-0.1, -0.05) is 12.1 Å². The van der Waals surface area contributed by atoms with Crippen LogP contribution in [0.2, 0.25) is 0 Å². The summed E-state index contributed by atoms with van der Waals surface area (Å²) in [6.45, 7) is 0.442. The summed E-state index contributed by atoms with van der Waals surface area (Å²) < 4.78 is 18.3. The summed E-state index contributed by atoms with van der Waals surface area (Å²) in [6.07, 6.45) is 0. The molecule has 0 aromatic heterocycles. The molecule has 4 nitrogen and oxygen atoms in total. The van der Waals surface area contributed by atoms with Gasteiger partial charge in [-0.2, -0.15) is 0 Å². The zero-order valence-electron chi connectivity index (χ0n) is 11.0. The molecule has 0 aliphatic carbocycles. The minimum Gasteiger partial charge on any atom is -0.494 e. The van der Waals surface area contributed by atoms with Crippen LogP contribution in [0.15, 0.2) is 42.5 Å². The average molecular weight is 274 g/mol. The number of anilines is 1. The molecule has 0 saturated carbocycles. The number of benzene rings is 2. The van der Waals surface area contributed by atoms with Gasteiger partial charge < -0.3 is 15.8 Å². The van der Waals surface area contributed by atoms with Gasteiger partial charge in [0.25, 0.3) is 5.91 Å². The molecule has 104 valence electrons. The van der Waals surface area contributed by atoms with E-state index in [1.54, 1.807) is 12.1 Å². The van der Waals surface area contributed by atoms with Crippen LogP contribution in [0, 0.1) is 5.82 Å². The van der Waals surface area contributed by atoms with Crippen LogP contribution in [-0.2, 0) is 6.54 Å². The van der Waals surface area contributed by atoms with E-state index in [1.807, 2.05) is 12.1 Å². The molecule has 20 heavy (non-hydrogen) atoms. The minimum absolute atomic E-state index is 0.105. The van der Waals surface area contributed by atoms with Crippen molar-refractivity contribution in [3.63, 3.8) is 0 Å². The van der Waals surface area contributed by atoms with Crippen LogP contribution in [0.25, 0.3) is 0 Å². The van der Waals surface area contributed by atoms with Gasteiger partial charge in [0.05, 0.1) is 7.11 Å². The third kappa shape index (κ3) is 3.13. The zero-order chi connectivity index (χ0) is 14.5. The molecule has 0 heterocycles. The van der Waals surface area contributed by atoms with Crippen molar-refractivity contribution < 1.29 is 13.9 Å². The number of nitrogens with one attached hydrogen (secondary N) is 1. The van der Waals surface area contributed by atoms with Gasteiger partial charge >= 0.3 is 0 Å². The van der Waals surface area contributed by atoms with Crippen LogP contribution >= 0.6 is 0 Å². The van der Waals surface area contributed by atoms with Crippen molar-refractivity contribution in [1.29, 1.82) is 0 Å². The zero-order valence-corrected chi connectivity index (χ0v) is 11.0. The van der Waals surface area contributed by atoms with Gasteiger partial charge in [0.2, 0.25) is 0 Å². The minimum atomic E-state index is -0.571. The Kier molecular flexibility index (Phi) is 4.32. The van der Waals surface area contributed by atoms with Crippen LogP contribution in [0.3, 0.4) is 0 Å². The summed E-state index contributed by atoms with van der Waals surface area (Å²) >= 11 is 0. The van der Waals surface area contributed by atoms with Crippen LogP contribution < -0.4 is 15.8 Å². The van der Waals surface area contributed by atoms with E-state index in [2.05, 4.69) is 5.32 Å². The van der Waals surface area contributed by atoms with E-state index >= 15 is 0 Å². The molecule has 0 aliphatic rings. The number of carbonyl (C=O) groups is 1. The molecule has 0 spiro atoms. The predicted octanol–water partition coefficient (Wildman–Crippen LogP) is 2.55. The number of hydrogen-bond donors (Lipinski definition) is 2. The van der Waals surface area contributed by atoms with Gasteiger partial charge in [0, 0.05) is 17.8 Å². The summed E-state index contributed by atoms with van der Waals surface area (Å²) in [5, 5.41) is 2.69. The lowest BCUT2D eigenvalue weighted by atomic mass is 10.1. The fraction of sp³-hybridized carbons (Fsp3) is 0.133. The van der Waals surface area contributed by atoms with Crippen LogP contribution in [-0.4, -0.2) is 13.0 Å². The highest BCUT2D eigenvalue weighted by Crippen LogP contribution is 2.18. The first-order chi connectivity index (χ1) is 9.63. The highest BCUT2D eigenvalue weighted by atomic mass is 19.1. The summed E-state index contributed by atoms with van der Waals surface area (Å²) in [6, 6.07) is 11.2. The van der Waals surface area contributed by atoms with Crippen molar-refractivity contribution in [3.05, 3.63) is 59.4 Å². The number of halogens is 1. The largest absolute Gasteiger partial charge is 0.494 e. The second-order valence-corrected chi connectivity index (χ2v) is 4.20. The summed E-state index contributed by atoms with van der Waals surface area (Å²) in [4.78, 5) is 12.0. The molecule has 1 amide bonds. The molecule has 0 unspecified atom stereocenters. The normalized spacial score (nSPS) is 10.2. The molecule has 0 atom stereocenters. The van der Waals surface area contributed by atoms with Crippen LogP contribution in [0.5, 0.6) is 5.75 Å². The van der Waals surface area contributed by atoms with E-state index in [0.717, 1.165) is 11.6 Å². The molecule has 2 rings (SSSR count). The van der Waals surface area contributed by atoms with Crippen molar-refractivity contribution in [3.8, 4) is 5.75 Å². The van der Waals surface area contributed by atoms with Crippen LogP contribution in [0.4, 0.5) is 10.1 Å². The third-order valence-corrected chi connectivity index (χ3v) is 2.86. The first kappa shape index (κ1) is 14.0. The predicted molar refractivity (Wildman–Crippen MR) is 75.2 cm³/mol. The number of ether oxygens (including phenoxy) is 1. The van der Waals surface area contributed by atoms with Gasteiger partial charge in [-0.15, -0.1) is 0 Å². The fourth-order valence-electron chi connectivity index (χ4n) is 1.74. The smallest absolute Gasteiger partial charge is 0.255 e. The highest BCUT2D eigenvalue weighted by molar-refractivity contribution is 6.04. The van der Waals surface area contributed by atoms with Gasteiger partial charge in [-0.3, -0.25) is 4.79 Å². The lowest BCUT2D eigenvalue weighted by Gasteiger charge is -2.07. The maximum Gasteiger partial charge on any atom is 0.255 e. The second kappa shape index (κ2) is 6.16. The first-order valence-corrected chi connectivity index (χ1v) is 6.08. The topological polar surface area (TPSA) is 64.3 Å². The molecule has 0 bridgehead atoms. The molecule has 2 aromatic rings. The van der Waals surface area contributed by atoms with Gasteiger partial charge in [-0.25, -0.2) is 4.39 Å². The van der Waals surface area contributed by atoms with Gasteiger partial charge in [-0.05, 0) is 35.9 Å². The second-order valence-electron chi connectivity index (χ2n) is 4.20. The quantitative estimate of drug-likeness (QED) is 0.900. The molecule has 0 fully saturated rings. The van der Waals surface area contributed by atoms with E-state index in [1.165, 1.54) is 19.2 Å². The van der Waals surface area contributed by atoms with E-state index in [0.29, 0.717) is 12.2 Å². The Morgan fingerprint density at radius 2 is 1.95 bits per heavy atom. The monoisotopic (exact) mass is 274 g/mol. The standard InChI is InChI=1S/C15H15FN2O2/c1-20-14-7-4-11(8-13(14)16)15(19)18-12-5-2-10(9-17)3-6-12/h2-8H,9,17H2,1H3,(H,18,19). The number of nitrogens with two attached hydrogens (primary N) is 1. The highest BCUT2D eigenvalue weighted by Gasteiger charge is 2.10. The number of amides is 1. The van der Waals surface area contributed by atoms with Crippen LogP contribution in [0.1, 0.15) is 15.9 Å². The number of carbonyl (C=O) groups excluding carboxylic acids is 1. The van der Waals surface area contributed by atoms with Gasteiger partial charge in [0.15, 0.2) is 11.6 Å². The Bertz CT molecular complexity index is 612. The number of rotatable bonds is 4. The Morgan fingerprint density at radius 1 is 1.25 bits per heavy atom. The number of hydrogen-bond acceptors (Lipinski definition) is 3. The first-order valence-electron chi connectivity index (χ1n) is 6.08. The fourth-order valence-corrected chi connectivity index (χ4v) is 1.74. The maximum absolute atomic E-state index is 13.5. The van der Waals surface area contributed by atoms with Crippen molar-refractivity contribution in [2.45, 2.75) is 6.54 Å².